The van der Waals surface area contributed by atoms with Crippen LogP contribution in [-0.4, -0.2) is 20.6 Å². The van der Waals surface area contributed by atoms with Gasteiger partial charge in [0.2, 0.25) is 0 Å². The molecule has 1 aliphatic rings. The number of carboxylic acid groups (broad SMARTS) is 1. The monoisotopic (exact) mass is 236 g/mol. The zero-order chi connectivity index (χ0) is 12.6. The summed E-state index contributed by atoms with van der Waals surface area (Å²) < 4.78 is 1.39. The summed E-state index contributed by atoms with van der Waals surface area (Å²) in [6.45, 7) is 4.44. The van der Waals surface area contributed by atoms with E-state index in [-0.39, 0.29) is 17.4 Å². The molecule has 1 N–H and O–H groups in total. The van der Waals surface area contributed by atoms with Crippen molar-refractivity contribution < 1.29 is 9.90 Å². The van der Waals surface area contributed by atoms with Gasteiger partial charge in [-0.05, 0) is 18.8 Å². The summed E-state index contributed by atoms with van der Waals surface area (Å²) in [7, 11) is 0. The van der Waals surface area contributed by atoms with Gasteiger partial charge in [-0.25, -0.2) is 9.78 Å². The predicted molar refractivity (Wildman–Crippen MR) is 62.3 cm³/mol. The normalized spacial score (nSPS) is 15.2. The van der Waals surface area contributed by atoms with Crippen molar-refractivity contribution in [3.8, 4) is 0 Å². The van der Waals surface area contributed by atoms with Crippen molar-refractivity contribution in [3.05, 3.63) is 27.9 Å². The third-order valence-corrected chi connectivity index (χ3v) is 2.81. The number of aromatic nitrogens is 2. The molecule has 0 aromatic carbocycles. The van der Waals surface area contributed by atoms with Crippen molar-refractivity contribution in [2.45, 2.75) is 39.2 Å². The molecule has 0 unspecified atom stereocenters. The molecule has 1 saturated carbocycles. The van der Waals surface area contributed by atoms with Gasteiger partial charge in [-0.2, -0.15) is 0 Å². The molecule has 0 saturated heterocycles. The van der Waals surface area contributed by atoms with Gasteiger partial charge in [-0.15, -0.1) is 0 Å². The van der Waals surface area contributed by atoms with E-state index >= 15 is 0 Å². The second kappa shape index (κ2) is 4.31. The van der Waals surface area contributed by atoms with Gasteiger partial charge in [-0.3, -0.25) is 9.36 Å². The molecule has 2 rings (SSSR count). The van der Waals surface area contributed by atoms with Gasteiger partial charge in [0.25, 0.3) is 5.56 Å². The lowest BCUT2D eigenvalue weighted by Crippen LogP contribution is -2.30. The number of carbonyl (C=O) groups is 1. The van der Waals surface area contributed by atoms with Gasteiger partial charge < -0.3 is 5.11 Å². The van der Waals surface area contributed by atoms with Crippen LogP contribution in [0, 0.1) is 5.92 Å². The highest BCUT2D eigenvalue weighted by molar-refractivity contribution is 5.88. The Morgan fingerprint density at radius 2 is 2.24 bits per heavy atom. The van der Waals surface area contributed by atoms with Gasteiger partial charge in [-0.1, -0.05) is 13.8 Å². The average Bonchev–Trinajstić information content (AvgIpc) is 3.02. The van der Waals surface area contributed by atoms with E-state index in [4.69, 9.17) is 5.11 Å². The van der Waals surface area contributed by atoms with Crippen molar-refractivity contribution in [2.75, 3.05) is 0 Å². The molecule has 92 valence electrons. The molecule has 0 spiro atoms. The fourth-order valence-electron chi connectivity index (χ4n) is 1.89. The lowest BCUT2D eigenvalue weighted by molar-refractivity contribution is 0.0692. The number of rotatable bonds is 4. The van der Waals surface area contributed by atoms with Crippen molar-refractivity contribution >= 4 is 5.97 Å². The summed E-state index contributed by atoms with van der Waals surface area (Å²) in [6.07, 6.45) is 3.34. The van der Waals surface area contributed by atoms with E-state index in [1.807, 2.05) is 13.8 Å². The van der Waals surface area contributed by atoms with Gasteiger partial charge in [0.05, 0.1) is 12.0 Å². The summed E-state index contributed by atoms with van der Waals surface area (Å²) in [6, 6.07) is 0. The van der Waals surface area contributed by atoms with Crippen molar-refractivity contribution in [1.29, 1.82) is 0 Å². The molecule has 0 amide bonds. The molecule has 1 fully saturated rings. The summed E-state index contributed by atoms with van der Waals surface area (Å²) in [5, 5.41) is 9.13. The number of aromatic carboxylic acids is 1. The van der Waals surface area contributed by atoms with Crippen LogP contribution < -0.4 is 5.56 Å². The van der Waals surface area contributed by atoms with Gasteiger partial charge in [0.15, 0.2) is 0 Å². The highest BCUT2D eigenvalue weighted by Gasteiger charge is 2.32. The van der Waals surface area contributed by atoms with E-state index in [2.05, 4.69) is 4.98 Å². The van der Waals surface area contributed by atoms with Gasteiger partial charge in [0, 0.05) is 12.5 Å². The first-order valence-electron chi connectivity index (χ1n) is 5.83. The molecule has 1 aromatic heterocycles. The van der Waals surface area contributed by atoms with Crippen LogP contribution in [0.4, 0.5) is 0 Å². The van der Waals surface area contributed by atoms with Crippen LogP contribution in [0.15, 0.2) is 11.1 Å². The Morgan fingerprint density at radius 3 is 2.71 bits per heavy atom. The van der Waals surface area contributed by atoms with E-state index in [0.717, 1.165) is 12.8 Å². The molecule has 1 heterocycles. The van der Waals surface area contributed by atoms with Gasteiger partial charge in [0.1, 0.15) is 5.56 Å². The maximum atomic E-state index is 12.0. The van der Waals surface area contributed by atoms with Crippen molar-refractivity contribution in [1.82, 2.24) is 9.55 Å². The van der Waals surface area contributed by atoms with Crippen LogP contribution in [0.1, 0.15) is 48.7 Å². The Morgan fingerprint density at radius 1 is 1.59 bits per heavy atom. The van der Waals surface area contributed by atoms with Crippen LogP contribution in [0.25, 0.3) is 0 Å². The first kappa shape index (κ1) is 11.8. The first-order chi connectivity index (χ1) is 8.00. The largest absolute Gasteiger partial charge is 0.477 e. The van der Waals surface area contributed by atoms with E-state index in [1.54, 1.807) is 0 Å². The van der Waals surface area contributed by atoms with Crippen LogP contribution in [0.5, 0.6) is 0 Å². The van der Waals surface area contributed by atoms with Crippen LogP contribution >= 0.6 is 0 Å². The maximum absolute atomic E-state index is 12.0. The van der Waals surface area contributed by atoms with Crippen LogP contribution in [-0.2, 0) is 6.54 Å². The molecule has 0 radical (unpaired) electrons. The number of nitrogens with zero attached hydrogens (tertiary/aromatic N) is 2. The topological polar surface area (TPSA) is 72.2 Å². The average molecular weight is 236 g/mol. The smallest absolute Gasteiger partial charge is 0.343 e. The molecule has 17 heavy (non-hydrogen) atoms. The zero-order valence-electron chi connectivity index (χ0n) is 10.0. The maximum Gasteiger partial charge on any atom is 0.343 e. The lowest BCUT2D eigenvalue weighted by atomic mass is 10.1. The molecule has 5 nitrogen and oxygen atoms in total. The molecule has 1 aromatic rings. The molecule has 0 bridgehead atoms. The zero-order valence-corrected chi connectivity index (χ0v) is 10.0. The standard InChI is InChI=1S/C12H16N2O3/c1-7(2)5-14-6-13-10(8-3-4-8)9(11(14)15)12(16)17/h6-8H,3-5H2,1-2H3,(H,16,17). The molecule has 0 atom stereocenters. The van der Waals surface area contributed by atoms with Gasteiger partial charge >= 0.3 is 5.97 Å². The fourth-order valence-corrected chi connectivity index (χ4v) is 1.89. The SMILES string of the molecule is CC(C)Cn1cnc(C2CC2)c(C(=O)O)c1=O. The summed E-state index contributed by atoms with van der Waals surface area (Å²) in [4.78, 5) is 27.4. The van der Waals surface area contributed by atoms with Crippen molar-refractivity contribution in [2.24, 2.45) is 5.92 Å². The lowest BCUT2D eigenvalue weighted by Gasteiger charge is -2.10. The highest BCUT2D eigenvalue weighted by Crippen LogP contribution is 2.39. The molecule has 1 aliphatic carbocycles. The Labute approximate surface area is 99.1 Å². The van der Waals surface area contributed by atoms with E-state index in [0.29, 0.717) is 12.2 Å². The van der Waals surface area contributed by atoms with E-state index in [1.165, 1.54) is 10.9 Å². The Kier molecular flexibility index (Phi) is 3.00. The highest BCUT2D eigenvalue weighted by atomic mass is 16.4. The van der Waals surface area contributed by atoms with Crippen LogP contribution in [0.3, 0.4) is 0 Å². The third kappa shape index (κ3) is 2.38. The minimum Gasteiger partial charge on any atom is -0.477 e. The Hall–Kier alpha value is -1.65. The summed E-state index contributed by atoms with van der Waals surface area (Å²) in [5.41, 5.74) is -0.110. The van der Waals surface area contributed by atoms with E-state index in [9.17, 15) is 9.59 Å². The quantitative estimate of drug-likeness (QED) is 0.859. The summed E-state index contributed by atoms with van der Waals surface area (Å²) in [5.74, 6) is -0.715. The third-order valence-electron chi connectivity index (χ3n) is 2.81. The second-order valence-corrected chi connectivity index (χ2v) is 4.94. The molecular weight excluding hydrogens is 220 g/mol. The Bertz CT molecular complexity index is 501. The first-order valence-corrected chi connectivity index (χ1v) is 5.83. The number of hydrogen-bond donors (Lipinski definition) is 1. The minimum absolute atomic E-state index is 0.143. The molecule has 0 aliphatic heterocycles. The molecular formula is C12H16N2O3. The van der Waals surface area contributed by atoms with Crippen molar-refractivity contribution in [3.63, 3.8) is 0 Å². The second-order valence-electron chi connectivity index (χ2n) is 4.94. The van der Waals surface area contributed by atoms with Crippen LogP contribution in [0.2, 0.25) is 0 Å². The Balaban J connectivity index is 2.49. The predicted octanol–water partition coefficient (Wildman–Crippen LogP) is 1.47. The fraction of sp³-hybridized carbons (Fsp3) is 0.583. The summed E-state index contributed by atoms with van der Waals surface area (Å²) >= 11 is 0. The molecule has 5 heteroatoms. The number of carboxylic acids is 1. The van der Waals surface area contributed by atoms with E-state index < -0.39 is 11.5 Å². The number of hydrogen-bond acceptors (Lipinski definition) is 3. The minimum atomic E-state index is -1.16.